The van der Waals surface area contributed by atoms with Crippen molar-refractivity contribution in [3.63, 3.8) is 0 Å². The fraction of sp³-hybridized carbons (Fsp3) is 0.387. The van der Waals surface area contributed by atoms with Gasteiger partial charge in [0.1, 0.15) is 30.0 Å². The van der Waals surface area contributed by atoms with Crippen LogP contribution in [0.4, 0.5) is 0 Å². The van der Waals surface area contributed by atoms with Crippen LogP contribution in [0.15, 0.2) is 42.5 Å². The van der Waals surface area contributed by atoms with Crippen LogP contribution in [-0.4, -0.2) is 37.0 Å². The molecular formula is C31H32O7. The molecule has 3 aromatic carbocycles. The van der Waals surface area contributed by atoms with Crippen molar-refractivity contribution in [2.45, 2.75) is 56.5 Å². The number of hydrogen-bond donors (Lipinski definition) is 2. The van der Waals surface area contributed by atoms with Gasteiger partial charge in [-0.05, 0) is 54.2 Å². The smallest absolute Gasteiger partial charge is 0.302 e. The van der Waals surface area contributed by atoms with Crippen LogP contribution in [0.1, 0.15) is 66.9 Å². The molecule has 6 rings (SSSR count). The summed E-state index contributed by atoms with van der Waals surface area (Å²) in [5, 5.41) is 20.6. The maximum Gasteiger partial charge on any atom is 0.302 e. The van der Waals surface area contributed by atoms with E-state index < -0.39 is 6.10 Å². The predicted molar refractivity (Wildman–Crippen MR) is 141 cm³/mol. The molecule has 1 fully saturated rings. The van der Waals surface area contributed by atoms with Gasteiger partial charge in [0.25, 0.3) is 0 Å². The molecule has 1 saturated carbocycles. The predicted octanol–water partition coefficient (Wildman–Crippen LogP) is 5.93. The van der Waals surface area contributed by atoms with Gasteiger partial charge in [-0.2, -0.15) is 0 Å². The Labute approximate surface area is 221 Å². The lowest BCUT2D eigenvalue weighted by Gasteiger charge is -2.39. The summed E-state index contributed by atoms with van der Waals surface area (Å²) in [6.45, 7) is 1.59. The number of hydrogen-bond acceptors (Lipinski definition) is 7. The molecule has 2 N–H and O–H groups in total. The molecule has 0 aromatic heterocycles. The highest BCUT2D eigenvalue weighted by Crippen LogP contribution is 2.61. The summed E-state index contributed by atoms with van der Waals surface area (Å²) in [5.41, 5.74) is 6.07. The Morgan fingerprint density at radius 2 is 1.79 bits per heavy atom. The van der Waals surface area contributed by atoms with Gasteiger partial charge in [0.2, 0.25) is 0 Å². The minimum absolute atomic E-state index is 0.0533. The maximum atomic E-state index is 11.8. The lowest BCUT2D eigenvalue weighted by molar-refractivity contribution is -0.141. The average molecular weight is 517 g/mol. The second-order valence-electron chi connectivity index (χ2n) is 10.6. The first-order chi connectivity index (χ1) is 18.3. The van der Waals surface area contributed by atoms with Gasteiger partial charge >= 0.3 is 5.97 Å². The zero-order valence-electron chi connectivity index (χ0n) is 21.9. The van der Waals surface area contributed by atoms with Gasteiger partial charge < -0.3 is 29.2 Å². The second kappa shape index (κ2) is 9.15. The van der Waals surface area contributed by atoms with Crippen LogP contribution in [0, 0.1) is 0 Å². The molecule has 7 nitrogen and oxygen atoms in total. The number of phenols is 2. The quantitative estimate of drug-likeness (QED) is 0.406. The largest absolute Gasteiger partial charge is 0.508 e. The minimum Gasteiger partial charge on any atom is -0.508 e. The maximum absolute atomic E-state index is 11.8. The van der Waals surface area contributed by atoms with Gasteiger partial charge in [0, 0.05) is 35.1 Å². The number of carbonyl (C=O) groups excluding carboxylic acids is 1. The molecule has 0 radical (unpaired) electrons. The third-order valence-corrected chi connectivity index (χ3v) is 8.47. The Hall–Kier alpha value is -3.87. The number of methoxy groups -OCH3 is 2. The molecule has 2 atom stereocenters. The third kappa shape index (κ3) is 3.75. The van der Waals surface area contributed by atoms with E-state index in [0.29, 0.717) is 11.5 Å². The fourth-order valence-electron chi connectivity index (χ4n) is 6.88. The molecule has 1 aliphatic heterocycles. The van der Waals surface area contributed by atoms with Crippen molar-refractivity contribution in [3.05, 3.63) is 64.7 Å². The number of carbonyl (C=O) groups is 1. The van der Waals surface area contributed by atoms with Crippen molar-refractivity contribution < 1.29 is 34.0 Å². The summed E-state index contributed by atoms with van der Waals surface area (Å²) in [4.78, 5) is 11.8. The molecule has 0 saturated heterocycles. The van der Waals surface area contributed by atoms with E-state index in [1.807, 2.05) is 12.1 Å². The molecule has 38 heavy (non-hydrogen) atoms. The molecular weight excluding hydrogens is 484 g/mol. The first-order valence-corrected chi connectivity index (χ1v) is 13.1. The summed E-state index contributed by atoms with van der Waals surface area (Å²) < 4.78 is 23.5. The Bertz CT molecular complexity index is 1420. The van der Waals surface area contributed by atoms with Crippen LogP contribution in [0.2, 0.25) is 0 Å². The Morgan fingerprint density at radius 3 is 2.50 bits per heavy atom. The SMILES string of the molecule is COc1cc(C2Oc3c(ccc4c3C3(CCCC3)Cc3cc(O)cc(OC)c3-4)C2COC(C)=O)ccc1O. The van der Waals surface area contributed by atoms with Crippen LogP contribution < -0.4 is 14.2 Å². The molecule has 1 heterocycles. The van der Waals surface area contributed by atoms with Crippen LogP contribution in [0.3, 0.4) is 0 Å². The van der Waals surface area contributed by atoms with Crippen molar-refractivity contribution in [3.8, 4) is 39.9 Å². The van der Waals surface area contributed by atoms with Crippen molar-refractivity contribution >= 4 is 5.97 Å². The van der Waals surface area contributed by atoms with Crippen molar-refractivity contribution in [1.29, 1.82) is 0 Å². The van der Waals surface area contributed by atoms with E-state index in [-0.39, 0.29) is 35.4 Å². The summed E-state index contributed by atoms with van der Waals surface area (Å²) in [6, 6.07) is 13.0. The van der Waals surface area contributed by atoms with Gasteiger partial charge in [0.15, 0.2) is 11.5 Å². The molecule has 0 bridgehead atoms. The first kappa shape index (κ1) is 24.5. The highest BCUT2D eigenvalue weighted by molar-refractivity contribution is 5.84. The standard InChI is InChI=1S/C31H32O7/c1-17(32)37-16-23-21-7-8-22-27-19(12-20(33)14-26(27)36-3)15-31(10-4-5-11-31)28(22)30(21)38-29(23)18-6-9-24(34)25(13-18)35-2/h6-9,12-14,23,29,33-34H,4-5,10-11,15-16H2,1-3H3. The van der Waals surface area contributed by atoms with Crippen LogP contribution in [0.25, 0.3) is 11.1 Å². The lowest BCUT2D eigenvalue weighted by atomic mass is 9.65. The van der Waals surface area contributed by atoms with Crippen LogP contribution in [0.5, 0.6) is 28.7 Å². The number of aromatic hydroxyl groups is 2. The van der Waals surface area contributed by atoms with Gasteiger partial charge in [-0.25, -0.2) is 0 Å². The Kier molecular flexibility index (Phi) is 5.89. The van der Waals surface area contributed by atoms with Gasteiger partial charge in [-0.3, -0.25) is 4.79 Å². The van der Waals surface area contributed by atoms with Gasteiger partial charge in [-0.15, -0.1) is 0 Å². The van der Waals surface area contributed by atoms with Crippen LogP contribution >= 0.6 is 0 Å². The second-order valence-corrected chi connectivity index (χ2v) is 10.6. The topological polar surface area (TPSA) is 94.5 Å². The number of esters is 1. The zero-order chi connectivity index (χ0) is 26.6. The van der Waals surface area contributed by atoms with E-state index in [2.05, 4.69) is 12.1 Å². The highest BCUT2D eigenvalue weighted by Gasteiger charge is 2.48. The van der Waals surface area contributed by atoms with Crippen molar-refractivity contribution in [2.75, 3.05) is 20.8 Å². The van der Waals surface area contributed by atoms with E-state index in [1.54, 1.807) is 25.3 Å². The summed E-state index contributed by atoms with van der Waals surface area (Å²) in [6.07, 6.45) is 4.69. The molecule has 2 aliphatic carbocycles. The fourth-order valence-corrected chi connectivity index (χ4v) is 6.88. The molecule has 3 aromatic rings. The van der Waals surface area contributed by atoms with E-state index in [9.17, 15) is 15.0 Å². The van der Waals surface area contributed by atoms with Crippen LogP contribution in [-0.2, 0) is 21.4 Å². The Morgan fingerprint density at radius 1 is 1.03 bits per heavy atom. The average Bonchev–Trinajstić information content (AvgIpc) is 3.51. The van der Waals surface area contributed by atoms with Gasteiger partial charge in [-0.1, -0.05) is 31.0 Å². The normalized spacial score (nSPS) is 20.3. The summed E-state index contributed by atoms with van der Waals surface area (Å²) >= 11 is 0. The molecule has 1 spiro atoms. The first-order valence-electron chi connectivity index (χ1n) is 13.1. The van der Waals surface area contributed by atoms with E-state index in [4.69, 9.17) is 18.9 Å². The van der Waals surface area contributed by atoms with Gasteiger partial charge in [0.05, 0.1) is 20.1 Å². The summed E-state index contributed by atoms with van der Waals surface area (Å²) in [7, 11) is 3.14. The lowest BCUT2D eigenvalue weighted by Crippen LogP contribution is -2.30. The molecule has 0 amide bonds. The molecule has 3 aliphatic rings. The minimum atomic E-state index is -0.424. The number of rotatable bonds is 5. The molecule has 2 unspecified atom stereocenters. The van der Waals surface area contributed by atoms with E-state index in [0.717, 1.165) is 65.7 Å². The number of benzene rings is 3. The number of phenolic OH excluding ortho intramolecular Hbond substituents is 2. The van der Waals surface area contributed by atoms with Crippen molar-refractivity contribution in [2.24, 2.45) is 0 Å². The monoisotopic (exact) mass is 516 g/mol. The molecule has 7 heteroatoms. The third-order valence-electron chi connectivity index (χ3n) is 8.47. The summed E-state index contributed by atoms with van der Waals surface area (Å²) in [5.74, 6) is 1.54. The highest BCUT2D eigenvalue weighted by atomic mass is 16.5. The number of ether oxygens (including phenoxy) is 4. The van der Waals surface area contributed by atoms with E-state index in [1.165, 1.54) is 19.6 Å². The molecule has 198 valence electrons. The Balaban J connectivity index is 1.55. The zero-order valence-corrected chi connectivity index (χ0v) is 21.9. The van der Waals surface area contributed by atoms with Crippen molar-refractivity contribution in [1.82, 2.24) is 0 Å². The van der Waals surface area contributed by atoms with E-state index >= 15 is 0 Å². The number of fused-ring (bicyclic) bond motifs is 6.